The molecule has 0 aromatic carbocycles. The van der Waals surface area contributed by atoms with Crippen molar-refractivity contribution in [3.63, 3.8) is 0 Å². The van der Waals surface area contributed by atoms with E-state index in [2.05, 4.69) is 10.3 Å². The summed E-state index contributed by atoms with van der Waals surface area (Å²) in [6.07, 6.45) is 4.44. The molecular weight excluding hydrogens is 182 g/mol. The normalized spacial score (nSPS) is 19.9. The molecule has 1 aromatic heterocycles. The molecule has 1 aromatic rings. The van der Waals surface area contributed by atoms with Gasteiger partial charge in [0.25, 0.3) is 0 Å². The third-order valence-electron chi connectivity index (χ3n) is 2.69. The van der Waals surface area contributed by atoms with Crippen LogP contribution in [0.15, 0.2) is 6.20 Å². The highest BCUT2D eigenvalue weighted by Crippen LogP contribution is 2.31. The van der Waals surface area contributed by atoms with Crippen LogP contribution in [0.3, 0.4) is 0 Å². The predicted octanol–water partition coefficient (Wildman–Crippen LogP) is 0.303. The minimum Gasteiger partial charge on any atom is -0.382 e. The van der Waals surface area contributed by atoms with Gasteiger partial charge in [-0.3, -0.25) is 9.48 Å². The zero-order valence-corrected chi connectivity index (χ0v) is 8.10. The van der Waals surface area contributed by atoms with Gasteiger partial charge in [-0.05, 0) is 25.7 Å². The summed E-state index contributed by atoms with van der Waals surface area (Å²) >= 11 is 0. The predicted molar refractivity (Wildman–Crippen MR) is 48.8 cm³/mol. The fraction of sp³-hybridized carbons (Fsp3) is 0.667. The van der Waals surface area contributed by atoms with Crippen LogP contribution in [0.25, 0.3) is 0 Å². The molecule has 1 aliphatic rings. The van der Waals surface area contributed by atoms with Gasteiger partial charge in [0.15, 0.2) is 5.69 Å². The van der Waals surface area contributed by atoms with Crippen molar-refractivity contribution in [1.82, 2.24) is 15.0 Å². The van der Waals surface area contributed by atoms with Crippen molar-refractivity contribution in [2.45, 2.75) is 31.3 Å². The number of aryl methyl sites for hydroxylation is 1. The smallest absolute Gasteiger partial charge is 0.216 e. The Morgan fingerprint density at radius 1 is 1.57 bits per heavy atom. The molecule has 0 spiro atoms. The molecule has 0 atom stereocenters. The van der Waals surface area contributed by atoms with Crippen LogP contribution in [0.2, 0.25) is 0 Å². The van der Waals surface area contributed by atoms with Gasteiger partial charge < -0.3 is 5.11 Å². The molecule has 76 valence electrons. The summed E-state index contributed by atoms with van der Waals surface area (Å²) in [6, 6.07) is 0. The second-order valence-electron chi connectivity index (χ2n) is 3.85. The van der Waals surface area contributed by atoms with E-state index in [4.69, 9.17) is 0 Å². The molecular formula is C9H13N3O2. The Bertz CT molecular complexity index is 353. The standard InChI is InChI=1S/C9H13N3O2/c1-12-6-7(10-11-12)8(13)9(14)4-2-3-5-9/h6,14H,2-5H2,1H3. The average Bonchev–Trinajstić information content (AvgIpc) is 2.74. The van der Waals surface area contributed by atoms with Crippen LogP contribution in [0.4, 0.5) is 0 Å². The maximum atomic E-state index is 11.8. The van der Waals surface area contributed by atoms with Crippen molar-refractivity contribution in [3.05, 3.63) is 11.9 Å². The van der Waals surface area contributed by atoms with Gasteiger partial charge in [0.05, 0.1) is 6.20 Å². The van der Waals surface area contributed by atoms with Gasteiger partial charge in [0.1, 0.15) is 5.60 Å². The van der Waals surface area contributed by atoms with Crippen molar-refractivity contribution >= 4 is 5.78 Å². The lowest BCUT2D eigenvalue weighted by molar-refractivity contribution is 0.0348. The van der Waals surface area contributed by atoms with E-state index in [9.17, 15) is 9.90 Å². The van der Waals surface area contributed by atoms with Gasteiger partial charge in [-0.2, -0.15) is 0 Å². The maximum Gasteiger partial charge on any atom is 0.216 e. The minimum atomic E-state index is -1.18. The molecule has 0 bridgehead atoms. The first-order chi connectivity index (χ1) is 6.62. The molecule has 0 aliphatic heterocycles. The number of aliphatic hydroxyl groups is 1. The molecule has 0 radical (unpaired) electrons. The quantitative estimate of drug-likeness (QED) is 0.689. The zero-order chi connectivity index (χ0) is 10.2. The van der Waals surface area contributed by atoms with Crippen molar-refractivity contribution in [2.75, 3.05) is 0 Å². The van der Waals surface area contributed by atoms with Gasteiger partial charge in [0.2, 0.25) is 5.78 Å². The Kier molecular flexibility index (Phi) is 2.11. The summed E-state index contributed by atoms with van der Waals surface area (Å²) in [5, 5.41) is 17.4. The van der Waals surface area contributed by atoms with Crippen LogP contribution < -0.4 is 0 Å². The number of aromatic nitrogens is 3. The van der Waals surface area contributed by atoms with E-state index in [0.717, 1.165) is 12.8 Å². The first-order valence-electron chi connectivity index (χ1n) is 4.75. The number of carbonyl (C=O) groups excluding carboxylic acids is 1. The zero-order valence-electron chi connectivity index (χ0n) is 8.10. The maximum absolute atomic E-state index is 11.8. The number of ketones is 1. The summed E-state index contributed by atoms with van der Waals surface area (Å²) in [6.45, 7) is 0. The third-order valence-corrected chi connectivity index (χ3v) is 2.69. The van der Waals surface area contributed by atoms with E-state index in [0.29, 0.717) is 12.8 Å². The molecule has 0 saturated heterocycles. The second-order valence-corrected chi connectivity index (χ2v) is 3.85. The Morgan fingerprint density at radius 3 is 2.71 bits per heavy atom. The van der Waals surface area contributed by atoms with E-state index in [1.165, 1.54) is 4.68 Å². The Balaban J connectivity index is 2.23. The topological polar surface area (TPSA) is 68.0 Å². The van der Waals surface area contributed by atoms with Crippen LogP contribution in [0.5, 0.6) is 0 Å². The average molecular weight is 195 g/mol. The largest absolute Gasteiger partial charge is 0.382 e. The Labute approximate surface area is 81.7 Å². The molecule has 1 fully saturated rings. The van der Waals surface area contributed by atoms with Crippen LogP contribution in [0.1, 0.15) is 36.2 Å². The lowest BCUT2D eigenvalue weighted by atomic mass is 9.95. The number of hydrogen-bond acceptors (Lipinski definition) is 4. The molecule has 14 heavy (non-hydrogen) atoms. The number of rotatable bonds is 2. The number of Topliss-reactive ketones (excluding diaryl/α,β-unsaturated/α-hetero) is 1. The van der Waals surface area contributed by atoms with Gasteiger partial charge in [0, 0.05) is 7.05 Å². The number of hydrogen-bond donors (Lipinski definition) is 1. The monoisotopic (exact) mass is 195 g/mol. The molecule has 5 nitrogen and oxygen atoms in total. The lowest BCUT2D eigenvalue weighted by Crippen LogP contribution is -2.35. The molecule has 1 heterocycles. The molecule has 5 heteroatoms. The fourth-order valence-electron chi connectivity index (χ4n) is 1.88. The van der Waals surface area contributed by atoms with Crippen LogP contribution >= 0.6 is 0 Å². The van der Waals surface area contributed by atoms with Gasteiger partial charge in [-0.1, -0.05) is 5.21 Å². The van der Waals surface area contributed by atoms with Crippen molar-refractivity contribution < 1.29 is 9.90 Å². The van der Waals surface area contributed by atoms with Crippen LogP contribution in [-0.2, 0) is 7.05 Å². The van der Waals surface area contributed by atoms with Crippen LogP contribution in [-0.4, -0.2) is 31.5 Å². The molecule has 1 aliphatic carbocycles. The SMILES string of the molecule is Cn1cc(C(=O)C2(O)CCCC2)nn1. The summed E-state index contributed by atoms with van der Waals surface area (Å²) in [5.74, 6) is -0.289. The Morgan fingerprint density at radius 2 is 2.21 bits per heavy atom. The summed E-state index contributed by atoms with van der Waals surface area (Å²) in [5.41, 5.74) is -0.923. The van der Waals surface area contributed by atoms with E-state index in [-0.39, 0.29) is 11.5 Å². The van der Waals surface area contributed by atoms with Crippen molar-refractivity contribution in [2.24, 2.45) is 7.05 Å². The van der Waals surface area contributed by atoms with Gasteiger partial charge >= 0.3 is 0 Å². The first kappa shape index (κ1) is 9.33. The molecule has 2 rings (SSSR count). The third kappa shape index (κ3) is 1.43. The van der Waals surface area contributed by atoms with E-state index in [1.807, 2.05) is 0 Å². The van der Waals surface area contributed by atoms with E-state index < -0.39 is 5.60 Å². The Hall–Kier alpha value is -1.23. The second kappa shape index (κ2) is 3.16. The molecule has 1 N–H and O–H groups in total. The van der Waals surface area contributed by atoms with Crippen molar-refractivity contribution in [1.29, 1.82) is 0 Å². The van der Waals surface area contributed by atoms with Gasteiger partial charge in [-0.25, -0.2) is 0 Å². The fourth-order valence-corrected chi connectivity index (χ4v) is 1.88. The van der Waals surface area contributed by atoms with E-state index >= 15 is 0 Å². The molecule has 1 saturated carbocycles. The highest BCUT2D eigenvalue weighted by atomic mass is 16.3. The lowest BCUT2D eigenvalue weighted by Gasteiger charge is -2.18. The van der Waals surface area contributed by atoms with E-state index in [1.54, 1.807) is 13.2 Å². The van der Waals surface area contributed by atoms with Gasteiger partial charge in [-0.15, -0.1) is 5.10 Å². The van der Waals surface area contributed by atoms with Crippen molar-refractivity contribution in [3.8, 4) is 0 Å². The highest BCUT2D eigenvalue weighted by Gasteiger charge is 2.40. The summed E-state index contributed by atoms with van der Waals surface area (Å²) in [4.78, 5) is 11.8. The summed E-state index contributed by atoms with van der Waals surface area (Å²) in [7, 11) is 1.70. The molecule has 0 amide bonds. The minimum absolute atomic E-state index is 0.261. The number of nitrogens with zero attached hydrogens (tertiary/aromatic N) is 3. The number of carbonyl (C=O) groups is 1. The summed E-state index contributed by atoms with van der Waals surface area (Å²) < 4.78 is 1.46. The van der Waals surface area contributed by atoms with Crippen LogP contribution in [0, 0.1) is 0 Å². The first-order valence-corrected chi connectivity index (χ1v) is 4.75. The highest BCUT2D eigenvalue weighted by molar-refractivity contribution is 6.00. The molecule has 0 unspecified atom stereocenters.